The van der Waals surface area contributed by atoms with Crippen LogP contribution in [0.25, 0.3) is 0 Å². The highest BCUT2D eigenvalue weighted by Gasteiger charge is 2.05. The van der Waals surface area contributed by atoms with Crippen molar-refractivity contribution in [2.45, 2.75) is 6.42 Å². The number of ether oxygens (including phenoxy) is 1. The van der Waals surface area contributed by atoms with Crippen molar-refractivity contribution in [3.63, 3.8) is 0 Å². The van der Waals surface area contributed by atoms with Crippen molar-refractivity contribution in [2.75, 3.05) is 12.8 Å². The molecule has 0 saturated carbocycles. The Hall–Kier alpha value is -1.68. The summed E-state index contributed by atoms with van der Waals surface area (Å²) in [5.41, 5.74) is 7.24. The Morgan fingerprint density at radius 2 is 2.25 bits per heavy atom. The van der Waals surface area contributed by atoms with Crippen LogP contribution in [0.4, 0.5) is 5.88 Å². The van der Waals surface area contributed by atoms with Crippen LogP contribution in [0.15, 0.2) is 28.8 Å². The SMILES string of the molecule is COc1ccc(Cc2cc(N)on2)cc1Cl. The fourth-order valence-electron chi connectivity index (χ4n) is 1.44. The maximum atomic E-state index is 6.01. The molecule has 0 aliphatic rings. The molecule has 0 amide bonds. The molecule has 0 unspecified atom stereocenters. The zero-order chi connectivity index (χ0) is 11.5. The van der Waals surface area contributed by atoms with E-state index in [1.54, 1.807) is 13.2 Å². The molecule has 4 nitrogen and oxygen atoms in total. The third-order valence-electron chi connectivity index (χ3n) is 2.18. The smallest absolute Gasteiger partial charge is 0.222 e. The summed E-state index contributed by atoms with van der Waals surface area (Å²) < 4.78 is 9.85. The number of benzene rings is 1. The Bertz CT molecular complexity index is 496. The van der Waals surface area contributed by atoms with E-state index in [0.29, 0.717) is 23.1 Å². The fraction of sp³-hybridized carbons (Fsp3) is 0.182. The van der Waals surface area contributed by atoms with Crippen molar-refractivity contribution < 1.29 is 9.26 Å². The lowest BCUT2D eigenvalue weighted by Crippen LogP contribution is -1.90. The van der Waals surface area contributed by atoms with Gasteiger partial charge >= 0.3 is 0 Å². The molecular weight excluding hydrogens is 228 g/mol. The predicted octanol–water partition coefficient (Wildman–Crippen LogP) is 2.51. The Morgan fingerprint density at radius 3 is 2.81 bits per heavy atom. The second-order valence-electron chi connectivity index (χ2n) is 3.37. The van der Waals surface area contributed by atoms with Gasteiger partial charge in [0.15, 0.2) is 0 Å². The van der Waals surface area contributed by atoms with Crippen LogP contribution in [0.3, 0.4) is 0 Å². The standard InChI is InChI=1S/C11H11ClN2O2/c1-15-10-3-2-7(5-9(10)12)4-8-6-11(13)16-14-8/h2-3,5-6H,4,13H2,1H3. The van der Waals surface area contributed by atoms with E-state index in [2.05, 4.69) is 5.16 Å². The van der Waals surface area contributed by atoms with E-state index in [0.717, 1.165) is 11.3 Å². The Labute approximate surface area is 97.9 Å². The Kier molecular flexibility index (Phi) is 3.01. The van der Waals surface area contributed by atoms with Gasteiger partial charge in [-0.15, -0.1) is 0 Å². The minimum Gasteiger partial charge on any atom is -0.495 e. The first-order chi connectivity index (χ1) is 7.69. The molecule has 0 radical (unpaired) electrons. The normalized spacial score (nSPS) is 10.4. The number of nitrogen functional groups attached to an aromatic ring is 1. The third-order valence-corrected chi connectivity index (χ3v) is 2.47. The molecule has 2 rings (SSSR count). The lowest BCUT2D eigenvalue weighted by molar-refractivity contribution is 0.415. The van der Waals surface area contributed by atoms with E-state index < -0.39 is 0 Å². The first kappa shape index (κ1) is 10.8. The van der Waals surface area contributed by atoms with Crippen LogP contribution in [0.2, 0.25) is 5.02 Å². The van der Waals surface area contributed by atoms with Gasteiger partial charge in [-0.1, -0.05) is 22.8 Å². The first-order valence-corrected chi connectivity index (χ1v) is 5.10. The molecule has 0 aliphatic heterocycles. The van der Waals surface area contributed by atoms with Gasteiger partial charge in [0.1, 0.15) is 5.75 Å². The predicted molar refractivity (Wildman–Crippen MR) is 61.7 cm³/mol. The molecule has 0 atom stereocenters. The number of nitrogens with two attached hydrogens (primary N) is 1. The van der Waals surface area contributed by atoms with Crippen molar-refractivity contribution in [1.29, 1.82) is 0 Å². The van der Waals surface area contributed by atoms with E-state index in [9.17, 15) is 0 Å². The monoisotopic (exact) mass is 238 g/mol. The van der Waals surface area contributed by atoms with Gasteiger partial charge in [0.2, 0.25) is 5.88 Å². The van der Waals surface area contributed by atoms with E-state index >= 15 is 0 Å². The third kappa shape index (κ3) is 2.28. The quantitative estimate of drug-likeness (QED) is 0.893. The molecule has 16 heavy (non-hydrogen) atoms. The van der Waals surface area contributed by atoms with Gasteiger partial charge in [-0.3, -0.25) is 0 Å². The van der Waals surface area contributed by atoms with Gasteiger partial charge in [-0.05, 0) is 17.7 Å². The summed E-state index contributed by atoms with van der Waals surface area (Å²) in [6.45, 7) is 0. The highest BCUT2D eigenvalue weighted by atomic mass is 35.5. The van der Waals surface area contributed by atoms with E-state index in [-0.39, 0.29) is 0 Å². The molecule has 1 heterocycles. The van der Waals surface area contributed by atoms with Crippen LogP contribution < -0.4 is 10.5 Å². The molecule has 84 valence electrons. The molecule has 2 aromatic rings. The molecule has 0 bridgehead atoms. The second-order valence-corrected chi connectivity index (χ2v) is 3.77. The Morgan fingerprint density at radius 1 is 1.44 bits per heavy atom. The Balaban J connectivity index is 2.19. The summed E-state index contributed by atoms with van der Waals surface area (Å²) in [5, 5.41) is 4.39. The van der Waals surface area contributed by atoms with E-state index in [1.807, 2.05) is 18.2 Å². The lowest BCUT2D eigenvalue weighted by atomic mass is 10.1. The molecule has 1 aromatic heterocycles. The minimum atomic E-state index is 0.314. The van der Waals surface area contributed by atoms with Crippen molar-refractivity contribution in [3.05, 3.63) is 40.5 Å². The molecule has 0 aliphatic carbocycles. The highest BCUT2D eigenvalue weighted by Crippen LogP contribution is 2.25. The van der Waals surface area contributed by atoms with Crippen molar-refractivity contribution >= 4 is 17.5 Å². The summed E-state index contributed by atoms with van der Waals surface area (Å²) in [4.78, 5) is 0. The average Bonchev–Trinajstić information content (AvgIpc) is 2.64. The highest BCUT2D eigenvalue weighted by molar-refractivity contribution is 6.32. The van der Waals surface area contributed by atoms with Crippen LogP contribution >= 0.6 is 11.6 Å². The molecular formula is C11H11ClN2O2. The minimum absolute atomic E-state index is 0.314. The summed E-state index contributed by atoms with van der Waals surface area (Å²) >= 11 is 6.01. The molecule has 1 aromatic carbocycles. The van der Waals surface area contributed by atoms with Crippen molar-refractivity contribution in [3.8, 4) is 5.75 Å². The van der Waals surface area contributed by atoms with Crippen LogP contribution in [-0.4, -0.2) is 12.3 Å². The average molecular weight is 239 g/mol. The van der Waals surface area contributed by atoms with Gasteiger partial charge in [-0.25, -0.2) is 0 Å². The summed E-state index contributed by atoms with van der Waals surface area (Å²) in [5.74, 6) is 0.972. The number of anilines is 1. The molecule has 5 heteroatoms. The van der Waals surface area contributed by atoms with Gasteiger partial charge in [-0.2, -0.15) is 0 Å². The maximum Gasteiger partial charge on any atom is 0.222 e. The topological polar surface area (TPSA) is 61.3 Å². The largest absolute Gasteiger partial charge is 0.495 e. The molecule has 0 saturated heterocycles. The second kappa shape index (κ2) is 4.45. The molecule has 0 spiro atoms. The van der Waals surface area contributed by atoms with Gasteiger partial charge in [0.05, 0.1) is 17.8 Å². The first-order valence-electron chi connectivity index (χ1n) is 4.72. The van der Waals surface area contributed by atoms with Crippen LogP contribution in [-0.2, 0) is 6.42 Å². The van der Waals surface area contributed by atoms with E-state index in [4.69, 9.17) is 26.6 Å². The molecule has 0 fully saturated rings. The lowest BCUT2D eigenvalue weighted by Gasteiger charge is -2.04. The van der Waals surface area contributed by atoms with E-state index in [1.165, 1.54) is 0 Å². The van der Waals surface area contributed by atoms with Gasteiger partial charge in [0.25, 0.3) is 0 Å². The summed E-state index contributed by atoms with van der Waals surface area (Å²) in [6, 6.07) is 7.28. The van der Waals surface area contributed by atoms with Crippen LogP contribution in [0.5, 0.6) is 5.75 Å². The number of hydrogen-bond acceptors (Lipinski definition) is 4. The zero-order valence-electron chi connectivity index (χ0n) is 8.74. The number of aromatic nitrogens is 1. The molecule has 2 N–H and O–H groups in total. The van der Waals surface area contributed by atoms with Crippen LogP contribution in [0.1, 0.15) is 11.3 Å². The van der Waals surface area contributed by atoms with Gasteiger partial charge in [0, 0.05) is 12.5 Å². The fourth-order valence-corrected chi connectivity index (χ4v) is 1.72. The van der Waals surface area contributed by atoms with Crippen molar-refractivity contribution in [2.24, 2.45) is 0 Å². The number of rotatable bonds is 3. The number of halogens is 1. The number of hydrogen-bond donors (Lipinski definition) is 1. The number of methoxy groups -OCH3 is 1. The van der Waals surface area contributed by atoms with Crippen molar-refractivity contribution in [1.82, 2.24) is 5.16 Å². The number of nitrogens with zero attached hydrogens (tertiary/aromatic N) is 1. The van der Waals surface area contributed by atoms with Crippen LogP contribution in [0, 0.1) is 0 Å². The summed E-state index contributed by atoms with van der Waals surface area (Å²) in [6.07, 6.45) is 0.629. The summed E-state index contributed by atoms with van der Waals surface area (Å²) in [7, 11) is 1.58. The van der Waals surface area contributed by atoms with Gasteiger partial charge < -0.3 is 15.0 Å². The zero-order valence-corrected chi connectivity index (χ0v) is 9.49. The maximum absolute atomic E-state index is 6.01.